The van der Waals surface area contributed by atoms with Crippen LogP contribution in [0.15, 0.2) is 4.99 Å². The van der Waals surface area contributed by atoms with Crippen LogP contribution in [0.4, 0.5) is 4.79 Å². The van der Waals surface area contributed by atoms with Crippen LogP contribution in [-0.2, 0) is 4.74 Å². The number of alkyl carbamates (subject to hydrolysis) is 1. The Morgan fingerprint density at radius 1 is 1.82 bits per heavy atom. The zero-order valence-electron chi connectivity index (χ0n) is 5.91. The van der Waals surface area contributed by atoms with Crippen LogP contribution >= 0.6 is 0 Å². The lowest BCUT2D eigenvalue weighted by molar-refractivity contribution is 0.144. The highest BCUT2D eigenvalue weighted by Gasteiger charge is 2.21. The van der Waals surface area contributed by atoms with Gasteiger partial charge in [0, 0.05) is 0 Å². The van der Waals surface area contributed by atoms with Gasteiger partial charge in [-0.1, -0.05) is 0 Å². The van der Waals surface area contributed by atoms with E-state index in [-0.39, 0.29) is 12.1 Å². The molecule has 6 nitrogen and oxygen atoms in total. The summed E-state index contributed by atoms with van der Waals surface area (Å²) in [4.78, 5) is 14.1. The maximum absolute atomic E-state index is 10.5. The number of carbonyl (C=O) groups is 1. The molecule has 1 saturated heterocycles. The summed E-state index contributed by atoms with van der Waals surface area (Å²) >= 11 is 0. The van der Waals surface area contributed by atoms with Crippen molar-refractivity contribution in [3.8, 4) is 0 Å². The van der Waals surface area contributed by atoms with Gasteiger partial charge in [-0.05, 0) is 0 Å². The SMILES string of the molecule is NC(N)=NCC1CNC(=O)O1. The molecule has 0 aromatic heterocycles. The number of guanidine groups is 1. The lowest BCUT2D eigenvalue weighted by Crippen LogP contribution is -2.26. The number of hydrogen-bond acceptors (Lipinski definition) is 3. The number of amides is 1. The first-order valence-electron chi connectivity index (χ1n) is 3.18. The molecule has 0 radical (unpaired) electrons. The highest BCUT2D eigenvalue weighted by atomic mass is 16.6. The molecule has 62 valence electrons. The minimum absolute atomic E-state index is 0.00736. The zero-order valence-corrected chi connectivity index (χ0v) is 5.91. The highest BCUT2D eigenvalue weighted by molar-refractivity contribution is 5.75. The second kappa shape index (κ2) is 3.09. The molecule has 0 bridgehead atoms. The number of rotatable bonds is 2. The van der Waals surface area contributed by atoms with Gasteiger partial charge in [-0.15, -0.1) is 0 Å². The second-order valence-corrected chi connectivity index (χ2v) is 2.17. The lowest BCUT2D eigenvalue weighted by atomic mass is 10.4. The van der Waals surface area contributed by atoms with Crippen LogP contribution in [0.3, 0.4) is 0 Å². The van der Waals surface area contributed by atoms with Crippen molar-refractivity contribution in [1.29, 1.82) is 0 Å². The van der Waals surface area contributed by atoms with Crippen LogP contribution in [-0.4, -0.2) is 31.2 Å². The molecule has 6 heteroatoms. The number of cyclic esters (lactones) is 1. The molecule has 0 spiro atoms. The molecule has 0 aromatic rings. The minimum atomic E-state index is -0.416. The van der Waals surface area contributed by atoms with E-state index in [1.165, 1.54) is 0 Å². The summed E-state index contributed by atoms with van der Waals surface area (Å²) in [6, 6.07) is 0. The molecule has 11 heavy (non-hydrogen) atoms. The van der Waals surface area contributed by atoms with Crippen molar-refractivity contribution in [2.75, 3.05) is 13.1 Å². The van der Waals surface area contributed by atoms with E-state index in [0.29, 0.717) is 13.1 Å². The average molecular weight is 158 g/mol. The Morgan fingerprint density at radius 3 is 3.00 bits per heavy atom. The number of nitrogens with zero attached hydrogens (tertiary/aromatic N) is 1. The molecule has 1 amide bonds. The van der Waals surface area contributed by atoms with Crippen molar-refractivity contribution < 1.29 is 9.53 Å². The predicted octanol–water partition coefficient (Wildman–Crippen LogP) is -1.63. The molecule has 1 aliphatic rings. The van der Waals surface area contributed by atoms with Gasteiger partial charge < -0.3 is 21.5 Å². The van der Waals surface area contributed by atoms with E-state index in [1.54, 1.807) is 0 Å². The van der Waals surface area contributed by atoms with Crippen LogP contribution in [0.2, 0.25) is 0 Å². The number of carbonyl (C=O) groups excluding carboxylic acids is 1. The fraction of sp³-hybridized carbons (Fsp3) is 0.600. The van der Waals surface area contributed by atoms with Gasteiger partial charge in [0.1, 0.15) is 6.10 Å². The average Bonchev–Trinajstić information content (AvgIpc) is 2.31. The van der Waals surface area contributed by atoms with Crippen LogP contribution in [0.25, 0.3) is 0 Å². The van der Waals surface area contributed by atoms with E-state index in [4.69, 9.17) is 16.2 Å². The summed E-state index contributed by atoms with van der Waals surface area (Å²) in [6.45, 7) is 0.788. The fourth-order valence-electron chi connectivity index (χ4n) is 0.741. The summed E-state index contributed by atoms with van der Waals surface area (Å²) in [7, 11) is 0. The fourth-order valence-corrected chi connectivity index (χ4v) is 0.741. The third kappa shape index (κ3) is 2.32. The molecular weight excluding hydrogens is 148 g/mol. The van der Waals surface area contributed by atoms with Gasteiger partial charge >= 0.3 is 6.09 Å². The third-order valence-corrected chi connectivity index (χ3v) is 1.23. The Bertz CT molecular complexity index is 187. The van der Waals surface area contributed by atoms with Crippen LogP contribution in [0.5, 0.6) is 0 Å². The number of ether oxygens (including phenoxy) is 1. The molecule has 1 aliphatic heterocycles. The van der Waals surface area contributed by atoms with Crippen molar-refractivity contribution in [3.63, 3.8) is 0 Å². The van der Waals surface area contributed by atoms with Gasteiger partial charge in [-0.2, -0.15) is 0 Å². The van der Waals surface area contributed by atoms with Gasteiger partial charge in [-0.3, -0.25) is 0 Å². The molecule has 0 saturated carbocycles. The van der Waals surface area contributed by atoms with E-state index in [9.17, 15) is 4.79 Å². The summed E-state index contributed by atoms with van der Waals surface area (Å²) in [5.74, 6) is 0.00736. The number of aliphatic imine (C=N–C) groups is 1. The standard InChI is InChI=1S/C5H10N4O2/c6-4(7)8-1-3-2-9-5(10)11-3/h3H,1-2H2,(H,9,10)(H4,6,7,8). The highest BCUT2D eigenvalue weighted by Crippen LogP contribution is 1.99. The zero-order chi connectivity index (χ0) is 8.27. The molecule has 0 aromatic carbocycles. The molecule has 1 unspecified atom stereocenters. The maximum Gasteiger partial charge on any atom is 0.407 e. The molecule has 1 fully saturated rings. The summed E-state index contributed by atoms with van der Waals surface area (Å²) in [5, 5.41) is 2.48. The third-order valence-electron chi connectivity index (χ3n) is 1.23. The first-order chi connectivity index (χ1) is 5.18. The second-order valence-electron chi connectivity index (χ2n) is 2.17. The van der Waals surface area contributed by atoms with Crippen LogP contribution in [0, 0.1) is 0 Å². The Hall–Kier alpha value is -1.46. The van der Waals surface area contributed by atoms with Crippen molar-refractivity contribution >= 4 is 12.1 Å². The minimum Gasteiger partial charge on any atom is -0.442 e. The molecule has 1 heterocycles. The number of hydrogen-bond donors (Lipinski definition) is 3. The van der Waals surface area contributed by atoms with Gasteiger partial charge in [0.25, 0.3) is 0 Å². The maximum atomic E-state index is 10.5. The Morgan fingerprint density at radius 2 is 2.55 bits per heavy atom. The van der Waals surface area contributed by atoms with Crippen molar-refractivity contribution in [2.24, 2.45) is 16.5 Å². The number of nitrogens with one attached hydrogen (secondary N) is 1. The van der Waals surface area contributed by atoms with Crippen molar-refractivity contribution in [1.82, 2.24) is 5.32 Å². The predicted molar refractivity (Wildman–Crippen MR) is 38.9 cm³/mol. The van der Waals surface area contributed by atoms with Gasteiger partial charge in [0.15, 0.2) is 5.96 Å². The summed E-state index contributed by atoms with van der Waals surface area (Å²) in [6.07, 6.45) is -0.648. The summed E-state index contributed by atoms with van der Waals surface area (Å²) < 4.78 is 4.74. The smallest absolute Gasteiger partial charge is 0.407 e. The molecule has 1 atom stereocenters. The van der Waals surface area contributed by atoms with E-state index in [2.05, 4.69) is 10.3 Å². The Balaban J connectivity index is 2.29. The quantitative estimate of drug-likeness (QED) is 0.331. The van der Waals surface area contributed by atoms with Crippen LogP contribution < -0.4 is 16.8 Å². The molecule has 0 aliphatic carbocycles. The number of nitrogens with two attached hydrogens (primary N) is 2. The topological polar surface area (TPSA) is 103 Å². The van der Waals surface area contributed by atoms with Gasteiger partial charge in [0.2, 0.25) is 0 Å². The molecular formula is C5H10N4O2. The molecule has 5 N–H and O–H groups in total. The molecule has 1 rings (SSSR count). The van der Waals surface area contributed by atoms with E-state index < -0.39 is 6.09 Å². The van der Waals surface area contributed by atoms with Crippen LogP contribution in [0.1, 0.15) is 0 Å². The normalized spacial score (nSPS) is 22.2. The van der Waals surface area contributed by atoms with E-state index in [0.717, 1.165) is 0 Å². The Labute approximate surface area is 63.6 Å². The van der Waals surface area contributed by atoms with Crippen molar-refractivity contribution in [2.45, 2.75) is 6.10 Å². The largest absolute Gasteiger partial charge is 0.442 e. The summed E-state index contributed by atoms with van der Waals surface area (Å²) in [5.41, 5.74) is 10.1. The van der Waals surface area contributed by atoms with Gasteiger partial charge in [0.05, 0.1) is 13.1 Å². The monoisotopic (exact) mass is 158 g/mol. The first-order valence-corrected chi connectivity index (χ1v) is 3.18. The van der Waals surface area contributed by atoms with Crippen molar-refractivity contribution in [3.05, 3.63) is 0 Å². The Kier molecular flexibility index (Phi) is 2.15. The van der Waals surface area contributed by atoms with E-state index >= 15 is 0 Å². The van der Waals surface area contributed by atoms with Gasteiger partial charge in [-0.25, -0.2) is 9.79 Å². The van der Waals surface area contributed by atoms with E-state index in [1.807, 2.05) is 0 Å². The lowest BCUT2D eigenvalue weighted by Gasteiger charge is -2.02. The first kappa shape index (κ1) is 7.64.